The van der Waals surface area contributed by atoms with Gasteiger partial charge in [-0.2, -0.15) is 5.10 Å². The molecule has 0 aliphatic rings. The van der Waals surface area contributed by atoms with Crippen molar-refractivity contribution in [1.29, 1.82) is 0 Å². The van der Waals surface area contributed by atoms with Crippen LogP contribution in [0.5, 0.6) is 0 Å². The minimum atomic E-state index is -3.59. The fraction of sp³-hybridized carbons (Fsp3) is 0.467. The molecule has 0 amide bonds. The molecule has 0 spiro atoms. The normalized spacial score (nSPS) is 12.3. The Morgan fingerprint density at radius 3 is 2.65 bits per heavy atom. The summed E-state index contributed by atoms with van der Waals surface area (Å²) in [6.07, 6.45) is 2.71. The average Bonchev–Trinajstić information content (AvgIpc) is 3.02. The van der Waals surface area contributed by atoms with E-state index in [9.17, 15) is 12.8 Å². The van der Waals surface area contributed by atoms with Crippen LogP contribution in [-0.4, -0.2) is 29.4 Å². The van der Waals surface area contributed by atoms with Gasteiger partial charge in [0.05, 0.1) is 11.4 Å². The number of anilines is 1. The molecule has 23 heavy (non-hydrogen) atoms. The number of hydrogen-bond acceptors (Lipinski definition) is 4. The minimum Gasteiger partial charge on any atom is -0.281 e. The average molecular weight is 340 g/mol. The second kappa shape index (κ2) is 6.66. The van der Waals surface area contributed by atoms with Gasteiger partial charge in [0.25, 0.3) is 0 Å². The highest BCUT2D eigenvalue weighted by Gasteiger charge is 2.21. The number of rotatable bonds is 7. The third-order valence-electron chi connectivity index (χ3n) is 3.93. The van der Waals surface area contributed by atoms with E-state index in [0.29, 0.717) is 17.8 Å². The van der Waals surface area contributed by atoms with Crippen LogP contribution in [-0.2, 0) is 10.0 Å². The lowest BCUT2D eigenvalue weighted by molar-refractivity contribution is 0.338. The van der Waals surface area contributed by atoms with Gasteiger partial charge in [0.15, 0.2) is 5.82 Å². The molecule has 1 aromatic heterocycles. The first-order valence-corrected chi connectivity index (χ1v) is 9.03. The molecule has 2 N–H and O–H groups in total. The predicted octanol–water partition coefficient (Wildman–Crippen LogP) is 3.18. The second-order valence-corrected chi connectivity index (χ2v) is 8.06. The van der Waals surface area contributed by atoms with Crippen molar-refractivity contribution in [3.63, 3.8) is 0 Å². The lowest BCUT2D eigenvalue weighted by Gasteiger charge is -2.22. The van der Waals surface area contributed by atoms with Crippen molar-refractivity contribution >= 4 is 15.7 Å². The SMILES string of the molecule is CCC(C)(C)CCS(=O)(=O)Nc1ccc(-c2ncn[nH]2)cc1F. The Bertz CT molecular complexity index is 758. The first-order chi connectivity index (χ1) is 10.7. The zero-order chi connectivity index (χ0) is 17.1. The molecule has 0 aliphatic carbocycles. The van der Waals surface area contributed by atoms with Gasteiger partial charge in [-0.15, -0.1) is 0 Å². The number of aromatic amines is 1. The third kappa shape index (κ3) is 4.75. The molecular formula is C15H21FN4O2S. The summed E-state index contributed by atoms with van der Waals surface area (Å²) in [7, 11) is -3.59. The Morgan fingerprint density at radius 1 is 1.35 bits per heavy atom. The highest BCUT2D eigenvalue weighted by Crippen LogP contribution is 2.26. The van der Waals surface area contributed by atoms with Crippen molar-refractivity contribution in [3.8, 4) is 11.4 Å². The Morgan fingerprint density at radius 2 is 2.09 bits per heavy atom. The molecule has 0 atom stereocenters. The van der Waals surface area contributed by atoms with Crippen LogP contribution < -0.4 is 4.72 Å². The van der Waals surface area contributed by atoms with Crippen molar-refractivity contribution < 1.29 is 12.8 Å². The quantitative estimate of drug-likeness (QED) is 0.810. The molecule has 0 radical (unpaired) electrons. The van der Waals surface area contributed by atoms with Crippen LogP contribution in [0.1, 0.15) is 33.6 Å². The lowest BCUT2D eigenvalue weighted by atomic mass is 9.87. The van der Waals surface area contributed by atoms with Gasteiger partial charge in [0.2, 0.25) is 10.0 Å². The Labute approximate surface area is 135 Å². The van der Waals surface area contributed by atoms with E-state index in [2.05, 4.69) is 19.9 Å². The summed E-state index contributed by atoms with van der Waals surface area (Å²) >= 11 is 0. The number of H-pyrrole nitrogens is 1. The molecular weight excluding hydrogens is 319 g/mol. The van der Waals surface area contributed by atoms with Crippen LogP contribution in [0.25, 0.3) is 11.4 Å². The highest BCUT2D eigenvalue weighted by atomic mass is 32.2. The molecule has 1 aromatic carbocycles. The summed E-state index contributed by atoms with van der Waals surface area (Å²) in [5, 5.41) is 6.32. The molecule has 0 unspecified atom stereocenters. The summed E-state index contributed by atoms with van der Waals surface area (Å²) < 4.78 is 40.7. The third-order valence-corrected chi connectivity index (χ3v) is 5.20. The summed E-state index contributed by atoms with van der Waals surface area (Å²) in [5.41, 5.74) is 0.362. The smallest absolute Gasteiger partial charge is 0.232 e. The molecule has 126 valence electrons. The lowest BCUT2D eigenvalue weighted by Crippen LogP contribution is -2.22. The minimum absolute atomic E-state index is 0.0445. The molecule has 0 bridgehead atoms. The van der Waals surface area contributed by atoms with E-state index < -0.39 is 15.8 Å². The highest BCUT2D eigenvalue weighted by molar-refractivity contribution is 7.92. The molecule has 8 heteroatoms. The standard InChI is InChI=1S/C15H21FN4O2S/c1-4-15(2,3)7-8-23(21,22)20-13-6-5-11(9-12(13)16)14-17-10-18-19-14/h5-6,9-10,20H,4,7-8H2,1-3H3,(H,17,18,19). The number of hydrogen-bond donors (Lipinski definition) is 2. The molecule has 0 aliphatic heterocycles. The monoisotopic (exact) mass is 340 g/mol. The van der Waals surface area contributed by atoms with E-state index in [-0.39, 0.29) is 16.9 Å². The van der Waals surface area contributed by atoms with Crippen LogP contribution in [0, 0.1) is 11.2 Å². The number of nitrogens with zero attached hydrogens (tertiary/aromatic N) is 2. The van der Waals surface area contributed by atoms with Crippen LogP contribution in [0.15, 0.2) is 24.5 Å². The van der Waals surface area contributed by atoms with Gasteiger partial charge < -0.3 is 0 Å². The first kappa shape index (κ1) is 17.4. The fourth-order valence-corrected chi connectivity index (χ4v) is 3.32. The fourth-order valence-electron chi connectivity index (χ4n) is 1.90. The molecule has 0 fully saturated rings. The van der Waals surface area contributed by atoms with E-state index >= 15 is 0 Å². The zero-order valence-electron chi connectivity index (χ0n) is 13.4. The summed E-state index contributed by atoms with van der Waals surface area (Å²) in [5.74, 6) is -0.280. The largest absolute Gasteiger partial charge is 0.281 e. The van der Waals surface area contributed by atoms with Crippen molar-refractivity contribution in [3.05, 3.63) is 30.3 Å². The van der Waals surface area contributed by atoms with Gasteiger partial charge in [-0.05, 0) is 30.0 Å². The molecule has 2 aromatic rings. The maximum absolute atomic E-state index is 14.1. The Kier molecular flexibility index (Phi) is 5.03. The van der Waals surface area contributed by atoms with Crippen LogP contribution in [0.4, 0.5) is 10.1 Å². The van der Waals surface area contributed by atoms with E-state index in [4.69, 9.17) is 0 Å². The Balaban J connectivity index is 2.10. The summed E-state index contributed by atoms with van der Waals surface area (Å²) in [6.45, 7) is 6.03. The molecule has 0 saturated heterocycles. The van der Waals surface area contributed by atoms with Crippen molar-refractivity contribution in [1.82, 2.24) is 15.2 Å². The number of sulfonamides is 1. The van der Waals surface area contributed by atoms with Gasteiger partial charge >= 0.3 is 0 Å². The molecule has 1 heterocycles. The molecule has 0 saturated carbocycles. The van der Waals surface area contributed by atoms with Gasteiger partial charge in [-0.1, -0.05) is 27.2 Å². The maximum atomic E-state index is 14.1. The summed E-state index contributed by atoms with van der Waals surface area (Å²) in [6, 6.07) is 4.18. The topological polar surface area (TPSA) is 87.7 Å². The molecule has 6 nitrogen and oxygen atoms in total. The number of nitrogens with one attached hydrogen (secondary N) is 2. The van der Waals surface area contributed by atoms with Crippen molar-refractivity contribution in [2.45, 2.75) is 33.6 Å². The zero-order valence-corrected chi connectivity index (χ0v) is 14.2. The Hall–Kier alpha value is -1.96. The van der Waals surface area contributed by atoms with Crippen LogP contribution >= 0.6 is 0 Å². The van der Waals surface area contributed by atoms with Gasteiger partial charge in [0.1, 0.15) is 12.1 Å². The van der Waals surface area contributed by atoms with Crippen LogP contribution in [0.2, 0.25) is 0 Å². The van der Waals surface area contributed by atoms with E-state index in [1.54, 1.807) is 6.07 Å². The van der Waals surface area contributed by atoms with Crippen LogP contribution in [0.3, 0.4) is 0 Å². The summed E-state index contributed by atoms with van der Waals surface area (Å²) in [4.78, 5) is 3.93. The second-order valence-electron chi connectivity index (χ2n) is 6.22. The number of benzene rings is 1. The van der Waals surface area contributed by atoms with Gasteiger partial charge in [0, 0.05) is 5.56 Å². The molecule has 2 rings (SSSR count). The maximum Gasteiger partial charge on any atom is 0.232 e. The van der Waals surface area contributed by atoms with E-state index in [1.807, 2.05) is 20.8 Å². The number of aromatic nitrogens is 3. The van der Waals surface area contributed by atoms with Crippen molar-refractivity contribution in [2.24, 2.45) is 5.41 Å². The van der Waals surface area contributed by atoms with Gasteiger partial charge in [-0.25, -0.2) is 17.8 Å². The van der Waals surface area contributed by atoms with E-state index in [0.717, 1.165) is 6.42 Å². The van der Waals surface area contributed by atoms with E-state index in [1.165, 1.54) is 18.5 Å². The number of halogens is 1. The predicted molar refractivity (Wildman–Crippen MR) is 87.9 cm³/mol. The van der Waals surface area contributed by atoms with Crippen molar-refractivity contribution in [2.75, 3.05) is 10.5 Å². The van der Waals surface area contributed by atoms with Gasteiger partial charge in [-0.3, -0.25) is 9.82 Å². The first-order valence-electron chi connectivity index (χ1n) is 7.38.